The molecular formula is C24H28F3N3OS. The Balaban J connectivity index is 1.33. The van der Waals surface area contributed by atoms with Crippen molar-refractivity contribution in [3.05, 3.63) is 48.0 Å². The number of hydrogen-bond acceptors (Lipinski definition) is 5. The SMILES string of the molecule is OCCN1CC2CCC(C1)N2CCCN1c2ccccc2Sc2ccc(C(F)(F)F)cc21. The Hall–Kier alpha value is -1.74. The summed E-state index contributed by atoms with van der Waals surface area (Å²) in [6, 6.07) is 13.1. The van der Waals surface area contributed by atoms with Gasteiger partial charge in [0, 0.05) is 54.6 Å². The summed E-state index contributed by atoms with van der Waals surface area (Å²) >= 11 is 1.54. The van der Waals surface area contributed by atoms with Crippen LogP contribution in [0.1, 0.15) is 24.8 Å². The van der Waals surface area contributed by atoms with Crippen LogP contribution in [-0.2, 0) is 6.18 Å². The molecule has 2 aromatic rings. The molecule has 172 valence electrons. The highest BCUT2D eigenvalue weighted by atomic mass is 32.2. The first-order valence-electron chi connectivity index (χ1n) is 11.3. The molecule has 3 heterocycles. The number of likely N-dealkylation sites (tertiary alicyclic amines) is 1. The maximum absolute atomic E-state index is 13.4. The van der Waals surface area contributed by atoms with Gasteiger partial charge < -0.3 is 10.0 Å². The zero-order valence-corrected chi connectivity index (χ0v) is 18.7. The number of nitrogens with zero attached hydrogens (tertiary/aromatic N) is 3. The molecule has 0 amide bonds. The van der Waals surface area contributed by atoms with Gasteiger partial charge in [-0.25, -0.2) is 0 Å². The molecule has 2 bridgehead atoms. The third kappa shape index (κ3) is 4.25. The Morgan fingerprint density at radius 2 is 1.62 bits per heavy atom. The number of piperazine rings is 1. The van der Waals surface area contributed by atoms with Crippen LogP contribution in [0.5, 0.6) is 0 Å². The van der Waals surface area contributed by atoms with E-state index in [1.807, 2.05) is 24.3 Å². The van der Waals surface area contributed by atoms with Gasteiger partial charge in [-0.2, -0.15) is 13.2 Å². The molecule has 5 rings (SSSR count). The van der Waals surface area contributed by atoms with E-state index in [9.17, 15) is 18.3 Å². The lowest BCUT2D eigenvalue weighted by Crippen LogP contribution is -2.54. The van der Waals surface area contributed by atoms with Crippen molar-refractivity contribution < 1.29 is 18.3 Å². The summed E-state index contributed by atoms with van der Waals surface area (Å²) in [4.78, 5) is 8.96. The highest BCUT2D eigenvalue weighted by molar-refractivity contribution is 7.99. The van der Waals surface area contributed by atoms with E-state index in [1.54, 1.807) is 6.07 Å². The van der Waals surface area contributed by atoms with Crippen molar-refractivity contribution >= 4 is 23.1 Å². The molecule has 4 nitrogen and oxygen atoms in total. The Morgan fingerprint density at radius 3 is 2.34 bits per heavy atom. The minimum Gasteiger partial charge on any atom is -0.395 e. The van der Waals surface area contributed by atoms with Crippen LogP contribution in [0.15, 0.2) is 52.3 Å². The first-order valence-corrected chi connectivity index (χ1v) is 12.1. The first-order chi connectivity index (χ1) is 15.4. The van der Waals surface area contributed by atoms with E-state index in [1.165, 1.54) is 36.7 Å². The van der Waals surface area contributed by atoms with Gasteiger partial charge in [-0.3, -0.25) is 9.80 Å². The Labute approximate surface area is 191 Å². The van der Waals surface area contributed by atoms with Gasteiger partial charge in [0.2, 0.25) is 0 Å². The maximum Gasteiger partial charge on any atom is 0.416 e. The second kappa shape index (κ2) is 8.89. The largest absolute Gasteiger partial charge is 0.416 e. The number of halogens is 3. The third-order valence-corrected chi connectivity index (χ3v) is 8.01. The monoisotopic (exact) mass is 463 g/mol. The summed E-state index contributed by atoms with van der Waals surface area (Å²) in [6.45, 7) is 4.56. The maximum atomic E-state index is 13.4. The van der Waals surface area contributed by atoms with E-state index in [-0.39, 0.29) is 6.61 Å². The van der Waals surface area contributed by atoms with Gasteiger partial charge in [0.1, 0.15) is 0 Å². The molecule has 2 saturated heterocycles. The number of β-amino-alcohol motifs (C(OH)–C–C–N with tert-alkyl or cyclic N) is 1. The van der Waals surface area contributed by atoms with Crippen LogP contribution in [0.25, 0.3) is 0 Å². The van der Waals surface area contributed by atoms with Gasteiger partial charge in [0.15, 0.2) is 0 Å². The van der Waals surface area contributed by atoms with E-state index in [0.717, 1.165) is 48.1 Å². The van der Waals surface area contributed by atoms with Crippen LogP contribution in [0, 0.1) is 0 Å². The lowest BCUT2D eigenvalue weighted by atomic mass is 10.1. The van der Waals surface area contributed by atoms with E-state index in [4.69, 9.17) is 0 Å². The van der Waals surface area contributed by atoms with E-state index >= 15 is 0 Å². The van der Waals surface area contributed by atoms with Crippen LogP contribution in [0.4, 0.5) is 24.5 Å². The van der Waals surface area contributed by atoms with Crippen molar-refractivity contribution in [2.45, 2.75) is 47.3 Å². The van der Waals surface area contributed by atoms with Crippen LogP contribution in [-0.4, -0.2) is 66.3 Å². The summed E-state index contributed by atoms with van der Waals surface area (Å²) in [7, 11) is 0. The summed E-state index contributed by atoms with van der Waals surface area (Å²) in [5, 5.41) is 9.26. The van der Waals surface area contributed by atoms with Crippen molar-refractivity contribution in [2.24, 2.45) is 0 Å². The van der Waals surface area contributed by atoms with Gasteiger partial charge in [0.05, 0.1) is 23.5 Å². The quantitative estimate of drug-likeness (QED) is 0.663. The highest BCUT2D eigenvalue weighted by Gasteiger charge is 2.39. The molecular weight excluding hydrogens is 435 g/mol. The average Bonchev–Trinajstić information content (AvgIpc) is 3.00. The Bertz CT molecular complexity index is 956. The number of aliphatic hydroxyl groups is 1. The number of hydrogen-bond donors (Lipinski definition) is 1. The lowest BCUT2D eigenvalue weighted by Gasteiger charge is -2.41. The summed E-state index contributed by atoms with van der Waals surface area (Å²) in [5.41, 5.74) is 1.04. The molecule has 2 unspecified atom stereocenters. The van der Waals surface area contributed by atoms with Crippen LogP contribution >= 0.6 is 11.8 Å². The fourth-order valence-electron chi connectivity index (χ4n) is 5.42. The number of rotatable bonds is 6. The highest BCUT2D eigenvalue weighted by Crippen LogP contribution is 2.49. The molecule has 0 aliphatic carbocycles. The zero-order chi connectivity index (χ0) is 22.3. The second-order valence-corrected chi connectivity index (χ2v) is 9.95. The van der Waals surface area contributed by atoms with Crippen LogP contribution in [0.3, 0.4) is 0 Å². The fraction of sp³-hybridized carbons (Fsp3) is 0.500. The predicted molar refractivity (Wildman–Crippen MR) is 121 cm³/mol. The molecule has 2 aromatic carbocycles. The number of aliphatic hydroxyl groups excluding tert-OH is 1. The molecule has 0 aromatic heterocycles. The van der Waals surface area contributed by atoms with Gasteiger partial charge in [-0.15, -0.1) is 0 Å². The van der Waals surface area contributed by atoms with Crippen LogP contribution in [0.2, 0.25) is 0 Å². The normalized spacial score (nSPS) is 23.3. The third-order valence-electron chi connectivity index (χ3n) is 6.88. The molecule has 2 fully saturated rings. The lowest BCUT2D eigenvalue weighted by molar-refractivity contribution is -0.137. The van der Waals surface area contributed by atoms with Gasteiger partial charge in [-0.05, 0) is 49.6 Å². The molecule has 2 atom stereocenters. The minimum absolute atomic E-state index is 0.200. The number of alkyl halides is 3. The van der Waals surface area contributed by atoms with E-state index < -0.39 is 11.7 Å². The van der Waals surface area contributed by atoms with Crippen molar-refractivity contribution in [2.75, 3.05) is 44.2 Å². The predicted octanol–water partition coefficient (Wildman–Crippen LogP) is 4.84. The summed E-state index contributed by atoms with van der Waals surface area (Å²) in [6.07, 6.45) is -1.08. The van der Waals surface area contributed by atoms with Crippen LogP contribution < -0.4 is 4.90 Å². The van der Waals surface area contributed by atoms with Gasteiger partial charge >= 0.3 is 6.18 Å². The second-order valence-electron chi connectivity index (χ2n) is 8.86. The molecule has 1 N–H and O–H groups in total. The molecule has 3 aliphatic rings. The Morgan fingerprint density at radius 1 is 0.906 bits per heavy atom. The molecule has 0 radical (unpaired) electrons. The minimum atomic E-state index is -4.35. The molecule has 3 aliphatic heterocycles. The van der Waals surface area contributed by atoms with Crippen molar-refractivity contribution in [1.82, 2.24) is 9.80 Å². The van der Waals surface area contributed by atoms with Crippen molar-refractivity contribution in [3.8, 4) is 0 Å². The number of benzene rings is 2. The topological polar surface area (TPSA) is 30.0 Å². The molecule has 0 saturated carbocycles. The summed E-state index contributed by atoms with van der Waals surface area (Å²) in [5.74, 6) is 0. The van der Waals surface area contributed by atoms with E-state index in [0.29, 0.717) is 24.3 Å². The summed E-state index contributed by atoms with van der Waals surface area (Å²) < 4.78 is 40.2. The molecule has 0 spiro atoms. The zero-order valence-electron chi connectivity index (χ0n) is 17.9. The first kappa shape index (κ1) is 22.1. The number of anilines is 2. The standard InChI is InChI=1S/C24H28F3N3OS/c25-24(26,27)17-6-9-23-21(14-17)30(20-4-1-2-5-22(20)32-23)11-3-10-29-18-7-8-19(29)16-28(15-18)12-13-31/h1-2,4-6,9,14,18-19,31H,3,7-8,10-13,15-16H2. The van der Waals surface area contributed by atoms with Crippen molar-refractivity contribution in [3.63, 3.8) is 0 Å². The average molecular weight is 464 g/mol. The van der Waals surface area contributed by atoms with Gasteiger partial charge in [-0.1, -0.05) is 23.9 Å². The van der Waals surface area contributed by atoms with Gasteiger partial charge in [0.25, 0.3) is 0 Å². The molecule has 8 heteroatoms. The van der Waals surface area contributed by atoms with E-state index in [2.05, 4.69) is 14.7 Å². The Kier molecular flexibility index (Phi) is 6.13. The smallest absolute Gasteiger partial charge is 0.395 e. The fourth-order valence-corrected chi connectivity index (χ4v) is 6.50. The molecule has 32 heavy (non-hydrogen) atoms. The number of para-hydroxylation sites is 1. The number of fused-ring (bicyclic) bond motifs is 4. The van der Waals surface area contributed by atoms with Crippen molar-refractivity contribution in [1.29, 1.82) is 0 Å².